The number of aliphatic carboxylic acids is 1. The second-order valence-electron chi connectivity index (χ2n) is 4.89. The Balaban J connectivity index is 1.96. The number of benzene rings is 1. The molecular weight excluding hydrogens is 370 g/mol. The fourth-order valence-corrected chi connectivity index (χ4v) is 3.27. The number of anilines is 2. The number of hydrogen-bond donors (Lipinski definition) is 3. The van der Waals surface area contributed by atoms with E-state index >= 15 is 0 Å². The van der Waals surface area contributed by atoms with Crippen LogP contribution in [-0.2, 0) is 19.6 Å². The summed E-state index contributed by atoms with van der Waals surface area (Å²) in [5.74, 6) is -1.01. The van der Waals surface area contributed by atoms with Crippen molar-refractivity contribution in [2.75, 3.05) is 21.5 Å². The van der Waals surface area contributed by atoms with Gasteiger partial charge in [0.25, 0.3) is 10.0 Å². The molecule has 0 bridgehead atoms. The van der Waals surface area contributed by atoms with Crippen molar-refractivity contribution < 1.29 is 27.6 Å². The smallest absolute Gasteiger partial charge is 0.313 e. The van der Waals surface area contributed by atoms with Gasteiger partial charge in [-0.05, 0) is 31.2 Å². The Labute approximate surface area is 147 Å². The zero-order chi connectivity index (χ0) is 18.4. The summed E-state index contributed by atoms with van der Waals surface area (Å²) in [5.41, 5.74) is 0.400. The highest BCUT2D eigenvalue weighted by molar-refractivity contribution is 8.00. The topological polar surface area (TPSA) is 139 Å². The number of nitrogens with one attached hydrogen (secondary N) is 2. The summed E-state index contributed by atoms with van der Waals surface area (Å²) in [4.78, 5) is 22.0. The molecule has 25 heavy (non-hydrogen) atoms. The second-order valence-corrected chi connectivity index (χ2v) is 7.56. The number of hydrogen-bond acceptors (Lipinski definition) is 7. The normalized spacial score (nSPS) is 11.1. The molecule has 0 saturated heterocycles. The first kappa shape index (κ1) is 18.8. The van der Waals surface area contributed by atoms with Crippen molar-refractivity contribution in [1.82, 2.24) is 5.16 Å². The summed E-state index contributed by atoms with van der Waals surface area (Å²) in [6.45, 7) is 1.64. The first-order valence-electron chi connectivity index (χ1n) is 6.92. The van der Waals surface area contributed by atoms with Crippen LogP contribution < -0.4 is 10.0 Å². The minimum Gasteiger partial charge on any atom is -0.481 e. The highest BCUT2D eigenvalue weighted by Gasteiger charge is 2.16. The Bertz CT molecular complexity index is 861. The van der Waals surface area contributed by atoms with E-state index in [1.165, 1.54) is 30.3 Å². The minimum atomic E-state index is -3.82. The molecule has 0 saturated carbocycles. The molecule has 9 nitrogen and oxygen atoms in total. The lowest BCUT2D eigenvalue weighted by Crippen LogP contribution is -2.16. The first-order valence-corrected chi connectivity index (χ1v) is 9.55. The van der Waals surface area contributed by atoms with Gasteiger partial charge in [0.1, 0.15) is 5.76 Å². The third kappa shape index (κ3) is 5.80. The number of carboxylic acid groups (broad SMARTS) is 1. The van der Waals surface area contributed by atoms with Crippen LogP contribution in [0.2, 0.25) is 0 Å². The molecule has 0 aliphatic heterocycles. The molecule has 0 spiro atoms. The SMILES string of the molecule is Cc1cc(NS(=O)(=O)c2ccc(NC(=O)CSCC(=O)O)cc2)no1. The summed E-state index contributed by atoms with van der Waals surface area (Å²) in [6.07, 6.45) is 0. The number of aryl methyl sites for hydroxylation is 1. The van der Waals surface area contributed by atoms with Crippen molar-refractivity contribution in [3.63, 3.8) is 0 Å². The van der Waals surface area contributed by atoms with Crippen LogP contribution in [0.1, 0.15) is 5.76 Å². The van der Waals surface area contributed by atoms with E-state index in [1.54, 1.807) is 6.92 Å². The lowest BCUT2D eigenvalue weighted by molar-refractivity contribution is -0.133. The summed E-state index contributed by atoms with van der Waals surface area (Å²) >= 11 is 0.966. The zero-order valence-corrected chi connectivity index (χ0v) is 14.7. The van der Waals surface area contributed by atoms with Gasteiger partial charge < -0.3 is 14.9 Å². The van der Waals surface area contributed by atoms with E-state index < -0.39 is 16.0 Å². The molecule has 1 aromatic carbocycles. The number of amides is 1. The highest BCUT2D eigenvalue weighted by atomic mass is 32.2. The summed E-state index contributed by atoms with van der Waals surface area (Å²) in [6, 6.07) is 6.97. The Morgan fingerprint density at radius 2 is 1.92 bits per heavy atom. The maximum atomic E-state index is 12.2. The molecule has 2 aromatic rings. The van der Waals surface area contributed by atoms with Crippen molar-refractivity contribution in [2.24, 2.45) is 0 Å². The molecular formula is C14H15N3O6S2. The van der Waals surface area contributed by atoms with Gasteiger partial charge in [-0.1, -0.05) is 5.16 Å². The van der Waals surface area contributed by atoms with E-state index in [-0.39, 0.29) is 28.1 Å². The van der Waals surface area contributed by atoms with Gasteiger partial charge >= 0.3 is 5.97 Å². The number of aromatic nitrogens is 1. The zero-order valence-electron chi connectivity index (χ0n) is 13.1. The van der Waals surface area contributed by atoms with Crippen LogP contribution in [0.4, 0.5) is 11.5 Å². The predicted molar refractivity (Wildman–Crippen MR) is 92.1 cm³/mol. The summed E-state index contributed by atoms with van der Waals surface area (Å²) < 4.78 is 31.5. The van der Waals surface area contributed by atoms with Crippen LogP contribution in [-0.4, -0.2) is 42.1 Å². The maximum absolute atomic E-state index is 12.2. The monoisotopic (exact) mass is 385 g/mol. The average Bonchev–Trinajstić information content (AvgIpc) is 2.91. The lowest BCUT2D eigenvalue weighted by atomic mass is 10.3. The molecule has 1 aromatic heterocycles. The van der Waals surface area contributed by atoms with Crippen molar-refractivity contribution in [3.8, 4) is 0 Å². The molecule has 0 fully saturated rings. The van der Waals surface area contributed by atoms with Crippen LogP contribution in [0, 0.1) is 6.92 Å². The molecule has 1 heterocycles. The van der Waals surface area contributed by atoms with Crippen LogP contribution >= 0.6 is 11.8 Å². The number of carbonyl (C=O) groups is 2. The Hall–Kier alpha value is -2.53. The molecule has 2 rings (SSSR count). The molecule has 3 N–H and O–H groups in total. The number of rotatable bonds is 8. The highest BCUT2D eigenvalue weighted by Crippen LogP contribution is 2.18. The predicted octanol–water partition coefficient (Wildman–Crippen LogP) is 1.54. The second kappa shape index (κ2) is 8.03. The first-order chi connectivity index (χ1) is 11.8. The van der Waals surface area contributed by atoms with E-state index in [9.17, 15) is 18.0 Å². The Morgan fingerprint density at radius 3 is 2.48 bits per heavy atom. The van der Waals surface area contributed by atoms with Gasteiger partial charge in [-0.2, -0.15) is 0 Å². The molecule has 0 unspecified atom stereocenters. The molecule has 11 heteroatoms. The van der Waals surface area contributed by atoms with Crippen molar-refractivity contribution in [1.29, 1.82) is 0 Å². The molecule has 0 atom stereocenters. The minimum absolute atomic E-state index is 0.00796. The number of nitrogens with zero attached hydrogens (tertiary/aromatic N) is 1. The summed E-state index contributed by atoms with van der Waals surface area (Å²) in [7, 11) is -3.82. The quantitative estimate of drug-likeness (QED) is 0.622. The lowest BCUT2D eigenvalue weighted by Gasteiger charge is -2.07. The van der Waals surface area contributed by atoms with E-state index in [1.807, 2.05) is 0 Å². The van der Waals surface area contributed by atoms with E-state index in [2.05, 4.69) is 15.2 Å². The van der Waals surface area contributed by atoms with Crippen molar-refractivity contribution in [2.45, 2.75) is 11.8 Å². The van der Waals surface area contributed by atoms with Gasteiger partial charge in [0.05, 0.1) is 16.4 Å². The number of carboxylic acids is 1. The third-order valence-electron chi connectivity index (χ3n) is 2.77. The van der Waals surface area contributed by atoms with E-state index in [4.69, 9.17) is 9.63 Å². The van der Waals surface area contributed by atoms with Crippen LogP contribution in [0.25, 0.3) is 0 Å². The Morgan fingerprint density at radius 1 is 1.24 bits per heavy atom. The summed E-state index contributed by atoms with van der Waals surface area (Å²) in [5, 5.41) is 14.6. The number of sulfonamides is 1. The van der Waals surface area contributed by atoms with Crippen molar-refractivity contribution in [3.05, 3.63) is 36.1 Å². The van der Waals surface area contributed by atoms with Gasteiger partial charge in [0, 0.05) is 11.8 Å². The number of carbonyl (C=O) groups excluding carboxylic acids is 1. The Kier molecular flexibility index (Phi) is 6.04. The van der Waals surface area contributed by atoms with Crippen molar-refractivity contribution >= 4 is 45.2 Å². The van der Waals surface area contributed by atoms with Gasteiger partial charge in [0.2, 0.25) is 5.91 Å². The fraction of sp³-hybridized carbons (Fsp3) is 0.214. The largest absolute Gasteiger partial charge is 0.481 e. The average molecular weight is 385 g/mol. The number of thioether (sulfide) groups is 1. The van der Waals surface area contributed by atoms with Gasteiger partial charge in [-0.25, -0.2) is 8.42 Å². The van der Waals surface area contributed by atoms with E-state index in [0.717, 1.165) is 11.8 Å². The molecule has 0 radical (unpaired) electrons. The van der Waals surface area contributed by atoms with Gasteiger partial charge in [0.15, 0.2) is 5.82 Å². The van der Waals surface area contributed by atoms with Crippen LogP contribution in [0.5, 0.6) is 0 Å². The van der Waals surface area contributed by atoms with E-state index in [0.29, 0.717) is 11.4 Å². The van der Waals surface area contributed by atoms with Crippen LogP contribution in [0.15, 0.2) is 39.8 Å². The standard InChI is InChI=1S/C14H15N3O6S2/c1-9-6-12(16-23-9)17-25(21,22)11-4-2-10(3-5-11)15-13(18)7-24-8-14(19)20/h2-6H,7-8H2,1H3,(H,15,18)(H,16,17)(H,19,20). The van der Waals surface area contributed by atoms with Gasteiger partial charge in [-0.3, -0.25) is 14.3 Å². The van der Waals surface area contributed by atoms with Gasteiger partial charge in [-0.15, -0.1) is 11.8 Å². The molecule has 0 aliphatic carbocycles. The maximum Gasteiger partial charge on any atom is 0.313 e. The molecule has 1 amide bonds. The fourth-order valence-electron chi connectivity index (χ4n) is 1.76. The van der Waals surface area contributed by atoms with Crippen LogP contribution in [0.3, 0.4) is 0 Å². The molecule has 134 valence electrons. The third-order valence-corrected chi connectivity index (χ3v) is 5.06. The molecule has 0 aliphatic rings.